The fourth-order valence-corrected chi connectivity index (χ4v) is 3.49. The molecule has 4 atom stereocenters. The van der Waals surface area contributed by atoms with Gasteiger partial charge in [0.25, 0.3) is 0 Å². The maximum Gasteiger partial charge on any atom is 0.327 e. The summed E-state index contributed by atoms with van der Waals surface area (Å²) >= 11 is 0. The van der Waals surface area contributed by atoms with Gasteiger partial charge in [-0.05, 0) is 38.0 Å². The second-order valence-corrected chi connectivity index (χ2v) is 6.23. The maximum absolute atomic E-state index is 10.4. The number of fused-ring (bicyclic) bond motifs is 2. The summed E-state index contributed by atoms with van der Waals surface area (Å²) in [5, 5.41) is 8.53. The molecule has 2 bridgehead atoms. The molecule has 2 aliphatic rings. The molecular formula is C18H28O4. The number of carboxylic acids is 1. The first-order valence-corrected chi connectivity index (χ1v) is 8.50. The Hall–Kier alpha value is -1.13. The lowest BCUT2D eigenvalue weighted by atomic mass is 9.78. The first kappa shape index (κ1) is 17.2. The van der Waals surface area contributed by atoms with Crippen LogP contribution >= 0.6 is 0 Å². The van der Waals surface area contributed by atoms with Gasteiger partial charge in [0.05, 0.1) is 18.8 Å². The highest BCUT2D eigenvalue weighted by Crippen LogP contribution is 2.45. The average molecular weight is 308 g/mol. The molecule has 2 aliphatic heterocycles. The van der Waals surface area contributed by atoms with Crippen LogP contribution in [0.4, 0.5) is 0 Å². The Bertz CT molecular complexity index is 402. The number of rotatable bonds is 10. The van der Waals surface area contributed by atoms with E-state index >= 15 is 0 Å². The summed E-state index contributed by atoms with van der Waals surface area (Å²) < 4.78 is 11.9. The van der Waals surface area contributed by atoms with Crippen LogP contribution in [0.2, 0.25) is 0 Å². The van der Waals surface area contributed by atoms with Crippen molar-refractivity contribution in [1.82, 2.24) is 0 Å². The summed E-state index contributed by atoms with van der Waals surface area (Å²) in [6.07, 6.45) is 14.2. The lowest BCUT2D eigenvalue weighted by molar-refractivity contribution is -0.131. The summed E-state index contributed by atoms with van der Waals surface area (Å²) in [7, 11) is 0. The number of allylic oxidation sites excluding steroid dienone is 3. The second-order valence-electron chi connectivity index (χ2n) is 6.23. The average Bonchev–Trinajstić information content (AvgIpc) is 3.08. The fraction of sp³-hybridized carbons (Fsp3) is 0.722. The highest BCUT2D eigenvalue weighted by molar-refractivity contribution is 5.79. The molecule has 0 saturated carbocycles. The molecule has 2 saturated heterocycles. The van der Waals surface area contributed by atoms with E-state index in [0.717, 1.165) is 26.1 Å². The van der Waals surface area contributed by atoms with Gasteiger partial charge >= 0.3 is 5.97 Å². The zero-order chi connectivity index (χ0) is 15.8. The van der Waals surface area contributed by atoms with E-state index in [9.17, 15) is 4.79 Å². The van der Waals surface area contributed by atoms with Crippen LogP contribution in [0.1, 0.15) is 45.4 Å². The van der Waals surface area contributed by atoms with Gasteiger partial charge in [-0.3, -0.25) is 0 Å². The third-order valence-electron chi connectivity index (χ3n) is 4.65. The van der Waals surface area contributed by atoms with Gasteiger partial charge in [-0.1, -0.05) is 31.6 Å². The van der Waals surface area contributed by atoms with E-state index in [1.807, 2.05) is 6.08 Å². The number of hydrogen-bond acceptors (Lipinski definition) is 3. The van der Waals surface area contributed by atoms with Crippen LogP contribution in [0, 0.1) is 11.8 Å². The monoisotopic (exact) mass is 308 g/mol. The molecule has 0 aromatic carbocycles. The van der Waals surface area contributed by atoms with Crippen molar-refractivity contribution in [3.63, 3.8) is 0 Å². The second kappa shape index (κ2) is 9.11. The van der Waals surface area contributed by atoms with Crippen molar-refractivity contribution < 1.29 is 19.4 Å². The van der Waals surface area contributed by atoms with E-state index < -0.39 is 5.97 Å². The number of aliphatic carboxylic acids is 1. The maximum atomic E-state index is 10.4. The topological polar surface area (TPSA) is 55.8 Å². The Kier molecular flexibility index (Phi) is 7.13. The van der Waals surface area contributed by atoms with E-state index in [0.29, 0.717) is 30.5 Å². The summed E-state index contributed by atoms with van der Waals surface area (Å²) in [5.74, 6) is 0.189. The van der Waals surface area contributed by atoms with Gasteiger partial charge < -0.3 is 14.6 Å². The first-order chi connectivity index (χ1) is 10.7. The molecular weight excluding hydrogens is 280 g/mol. The number of carboxylic acid groups (broad SMARTS) is 1. The zero-order valence-corrected chi connectivity index (χ0v) is 13.4. The van der Waals surface area contributed by atoms with Crippen LogP contribution in [0.25, 0.3) is 0 Å². The predicted octanol–water partition coefficient (Wildman–Crippen LogP) is 3.57. The van der Waals surface area contributed by atoms with E-state index in [1.165, 1.54) is 25.3 Å². The Morgan fingerprint density at radius 2 is 2.00 bits per heavy atom. The van der Waals surface area contributed by atoms with Gasteiger partial charge in [0.15, 0.2) is 0 Å². The smallest absolute Gasteiger partial charge is 0.327 e. The number of hydrogen-bond donors (Lipinski definition) is 1. The SMILES string of the molecule is CCCCOC[C@@H]1[C@H](C/C=C\C/C=C/C(=O)O)[C@@H]2CC[C@H]1O2. The molecule has 2 heterocycles. The molecule has 0 aromatic rings. The van der Waals surface area contributed by atoms with Gasteiger partial charge in [0.1, 0.15) is 0 Å². The molecule has 0 amide bonds. The van der Waals surface area contributed by atoms with E-state index in [2.05, 4.69) is 13.0 Å². The van der Waals surface area contributed by atoms with Crippen molar-refractivity contribution in [3.8, 4) is 0 Å². The van der Waals surface area contributed by atoms with Crippen LogP contribution in [-0.2, 0) is 14.3 Å². The van der Waals surface area contributed by atoms with E-state index in [-0.39, 0.29) is 0 Å². The van der Waals surface area contributed by atoms with Crippen LogP contribution in [0.3, 0.4) is 0 Å². The number of carbonyl (C=O) groups is 1. The number of ether oxygens (including phenoxy) is 2. The Labute approximate surface area is 133 Å². The van der Waals surface area contributed by atoms with E-state index in [1.54, 1.807) is 6.08 Å². The largest absolute Gasteiger partial charge is 0.478 e. The molecule has 0 spiro atoms. The molecule has 4 heteroatoms. The van der Waals surface area contributed by atoms with E-state index in [4.69, 9.17) is 14.6 Å². The molecule has 4 nitrogen and oxygen atoms in total. The quantitative estimate of drug-likeness (QED) is 0.381. The summed E-state index contributed by atoms with van der Waals surface area (Å²) in [6.45, 7) is 3.85. The van der Waals surface area contributed by atoms with Crippen molar-refractivity contribution in [2.75, 3.05) is 13.2 Å². The van der Waals surface area contributed by atoms with Gasteiger partial charge in [-0.2, -0.15) is 0 Å². The van der Waals surface area contributed by atoms with Gasteiger partial charge in [0, 0.05) is 18.6 Å². The minimum absolute atomic E-state index is 0.386. The molecule has 1 N–H and O–H groups in total. The molecule has 2 rings (SSSR count). The van der Waals surface area contributed by atoms with Crippen LogP contribution in [0.15, 0.2) is 24.3 Å². The predicted molar refractivity (Wildman–Crippen MR) is 85.8 cm³/mol. The minimum atomic E-state index is -0.890. The Balaban J connectivity index is 1.75. The third-order valence-corrected chi connectivity index (χ3v) is 4.65. The van der Waals surface area contributed by atoms with Crippen LogP contribution < -0.4 is 0 Å². The molecule has 0 unspecified atom stereocenters. The minimum Gasteiger partial charge on any atom is -0.478 e. The summed E-state index contributed by atoms with van der Waals surface area (Å²) in [5.41, 5.74) is 0. The highest BCUT2D eigenvalue weighted by Gasteiger charge is 2.47. The van der Waals surface area contributed by atoms with Crippen LogP contribution in [-0.4, -0.2) is 36.5 Å². The van der Waals surface area contributed by atoms with Gasteiger partial charge in [0.2, 0.25) is 0 Å². The van der Waals surface area contributed by atoms with Gasteiger partial charge in [-0.25, -0.2) is 4.79 Å². The summed E-state index contributed by atoms with van der Waals surface area (Å²) in [6, 6.07) is 0. The normalized spacial score (nSPS) is 30.8. The number of unbranched alkanes of at least 4 members (excludes halogenated alkanes) is 1. The molecule has 2 fully saturated rings. The van der Waals surface area contributed by atoms with Crippen LogP contribution in [0.5, 0.6) is 0 Å². The first-order valence-electron chi connectivity index (χ1n) is 8.50. The highest BCUT2D eigenvalue weighted by atomic mass is 16.5. The standard InChI is InChI=1S/C18H28O4/c1-2-3-12-21-13-15-14(16-10-11-17(15)22-16)8-6-4-5-7-9-18(19)20/h4,6-7,9,14-17H,2-3,5,8,10-13H2,1H3,(H,19,20)/b6-4-,9-7+/t14-,15+,16-,17+/m0/s1. The zero-order valence-electron chi connectivity index (χ0n) is 13.4. The van der Waals surface area contributed by atoms with Crippen molar-refractivity contribution >= 4 is 5.97 Å². The molecule has 124 valence electrons. The lowest BCUT2D eigenvalue weighted by Gasteiger charge is -2.27. The van der Waals surface area contributed by atoms with Crippen molar-refractivity contribution in [2.24, 2.45) is 11.8 Å². The van der Waals surface area contributed by atoms with Gasteiger partial charge in [-0.15, -0.1) is 0 Å². The molecule has 0 aliphatic carbocycles. The van der Waals surface area contributed by atoms with Crippen molar-refractivity contribution in [1.29, 1.82) is 0 Å². The molecule has 0 radical (unpaired) electrons. The molecule has 22 heavy (non-hydrogen) atoms. The van der Waals surface area contributed by atoms with Crippen molar-refractivity contribution in [3.05, 3.63) is 24.3 Å². The Morgan fingerprint density at radius 1 is 1.23 bits per heavy atom. The fourth-order valence-electron chi connectivity index (χ4n) is 3.49. The third kappa shape index (κ3) is 4.96. The molecule has 0 aromatic heterocycles. The lowest BCUT2D eigenvalue weighted by Crippen LogP contribution is -2.30. The summed E-state index contributed by atoms with van der Waals surface area (Å²) in [4.78, 5) is 10.4. The Morgan fingerprint density at radius 3 is 2.73 bits per heavy atom. The van der Waals surface area contributed by atoms with Crippen molar-refractivity contribution in [2.45, 2.75) is 57.7 Å².